The largest absolute Gasteiger partial charge is 0.386 e. The summed E-state index contributed by atoms with van der Waals surface area (Å²) in [7, 11) is 0. The molecule has 0 aliphatic rings. The van der Waals surface area contributed by atoms with Crippen molar-refractivity contribution >= 4 is 17.7 Å². The van der Waals surface area contributed by atoms with E-state index in [-0.39, 0.29) is 23.3 Å². The minimum absolute atomic E-state index is 0.159. The quantitative estimate of drug-likeness (QED) is 0.795. The van der Waals surface area contributed by atoms with Crippen LogP contribution in [0.4, 0.5) is 8.78 Å². The van der Waals surface area contributed by atoms with E-state index in [1.54, 1.807) is 19.1 Å². The third-order valence-electron chi connectivity index (χ3n) is 3.26. The molecule has 2 aromatic rings. The molecular formula is C17H17F2NO2S. The number of halogens is 2. The Balaban J connectivity index is 1.84. The predicted molar refractivity (Wildman–Crippen MR) is 86.1 cm³/mol. The first kappa shape index (κ1) is 17.4. The summed E-state index contributed by atoms with van der Waals surface area (Å²) in [6, 6.07) is 10.8. The van der Waals surface area contributed by atoms with Crippen molar-refractivity contribution in [2.24, 2.45) is 0 Å². The van der Waals surface area contributed by atoms with Crippen LogP contribution in [0, 0.1) is 11.6 Å². The SMILES string of the molecule is CC(NC(=O)CSc1ccc(F)cc1)C(O)c1ccc(F)cc1. The molecule has 2 atom stereocenters. The number of benzene rings is 2. The molecular weight excluding hydrogens is 320 g/mol. The molecule has 0 aliphatic heterocycles. The first-order chi connectivity index (χ1) is 11.0. The molecule has 0 bridgehead atoms. The van der Waals surface area contributed by atoms with Crippen molar-refractivity contribution in [2.75, 3.05) is 5.75 Å². The smallest absolute Gasteiger partial charge is 0.230 e. The Morgan fingerprint density at radius 2 is 1.61 bits per heavy atom. The van der Waals surface area contributed by atoms with Crippen LogP contribution in [0.25, 0.3) is 0 Å². The zero-order valence-corrected chi connectivity index (χ0v) is 13.3. The monoisotopic (exact) mass is 337 g/mol. The van der Waals surface area contributed by atoms with E-state index < -0.39 is 12.1 Å². The number of amides is 1. The van der Waals surface area contributed by atoms with Crippen molar-refractivity contribution in [1.29, 1.82) is 0 Å². The van der Waals surface area contributed by atoms with E-state index in [9.17, 15) is 18.7 Å². The second-order valence-corrected chi connectivity index (χ2v) is 6.14. The van der Waals surface area contributed by atoms with Gasteiger partial charge in [0.1, 0.15) is 11.6 Å². The first-order valence-corrected chi connectivity index (χ1v) is 8.05. The lowest BCUT2D eigenvalue weighted by molar-refractivity contribution is -0.119. The molecule has 0 aliphatic carbocycles. The highest BCUT2D eigenvalue weighted by molar-refractivity contribution is 8.00. The normalized spacial score (nSPS) is 13.4. The number of hydrogen-bond donors (Lipinski definition) is 2. The number of aliphatic hydroxyl groups is 1. The lowest BCUT2D eigenvalue weighted by atomic mass is 10.0. The van der Waals surface area contributed by atoms with Crippen molar-refractivity contribution in [3.05, 3.63) is 65.7 Å². The maximum Gasteiger partial charge on any atom is 0.230 e. The zero-order valence-electron chi connectivity index (χ0n) is 12.5. The second-order valence-electron chi connectivity index (χ2n) is 5.10. The molecule has 0 heterocycles. The van der Waals surface area contributed by atoms with Gasteiger partial charge in [0.15, 0.2) is 0 Å². The van der Waals surface area contributed by atoms with Gasteiger partial charge in [-0.25, -0.2) is 8.78 Å². The molecule has 2 unspecified atom stereocenters. The van der Waals surface area contributed by atoms with Gasteiger partial charge in [-0.2, -0.15) is 0 Å². The van der Waals surface area contributed by atoms with Crippen LogP contribution in [0.2, 0.25) is 0 Å². The highest BCUT2D eigenvalue weighted by Crippen LogP contribution is 2.19. The molecule has 0 saturated heterocycles. The van der Waals surface area contributed by atoms with Crippen molar-refractivity contribution in [3.63, 3.8) is 0 Å². The van der Waals surface area contributed by atoms with Gasteiger partial charge >= 0.3 is 0 Å². The molecule has 6 heteroatoms. The van der Waals surface area contributed by atoms with Gasteiger partial charge in [0, 0.05) is 4.90 Å². The number of hydrogen-bond acceptors (Lipinski definition) is 3. The molecule has 3 nitrogen and oxygen atoms in total. The molecule has 0 radical (unpaired) electrons. The third-order valence-corrected chi connectivity index (χ3v) is 4.27. The standard InChI is InChI=1S/C17H17F2NO2S/c1-11(17(22)12-2-4-13(18)5-3-12)20-16(21)10-23-15-8-6-14(19)7-9-15/h2-9,11,17,22H,10H2,1H3,(H,20,21). The van der Waals surface area contributed by atoms with Crippen LogP contribution in [-0.2, 0) is 4.79 Å². The first-order valence-electron chi connectivity index (χ1n) is 7.07. The molecule has 0 fully saturated rings. The van der Waals surface area contributed by atoms with Gasteiger partial charge in [0.2, 0.25) is 5.91 Å². The molecule has 23 heavy (non-hydrogen) atoms. The molecule has 1 amide bonds. The minimum atomic E-state index is -0.921. The van der Waals surface area contributed by atoms with E-state index in [4.69, 9.17) is 0 Å². The fourth-order valence-corrected chi connectivity index (χ4v) is 2.71. The van der Waals surface area contributed by atoms with Crippen molar-refractivity contribution in [3.8, 4) is 0 Å². The van der Waals surface area contributed by atoms with E-state index in [2.05, 4.69) is 5.32 Å². The second kappa shape index (κ2) is 8.08. The van der Waals surface area contributed by atoms with Crippen molar-refractivity contribution < 1.29 is 18.7 Å². The van der Waals surface area contributed by atoms with Gasteiger partial charge in [0.05, 0.1) is 17.9 Å². The summed E-state index contributed by atoms with van der Waals surface area (Å²) in [6.07, 6.45) is -0.921. The van der Waals surface area contributed by atoms with Crippen LogP contribution in [0.15, 0.2) is 53.4 Å². The topological polar surface area (TPSA) is 49.3 Å². The van der Waals surface area contributed by atoms with Crippen LogP contribution in [0.1, 0.15) is 18.6 Å². The highest BCUT2D eigenvalue weighted by Gasteiger charge is 2.18. The van der Waals surface area contributed by atoms with Crippen LogP contribution in [0.3, 0.4) is 0 Å². The Morgan fingerprint density at radius 3 is 2.17 bits per heavy atom. The van der Waals surface area contributed by atoms with Crippen molar-refractivity contribution in [1.82, 2.24) is 5.32 Å². The Labute approximate surface area is 137 Å². The zero-order chi connectivity index (χ0) is 16.8. The number of nitrogens with one attached hydrogen (secondary N) is 1. The number of carbonyl (C=O) groups is 1. The maximum absolute atomic E-state index is 12.9. The molecule has 2 aromatic carbocycles. The van der Waals surface area contributed by atoms with Gasteiger partial charge in [-0.15, -0.1) is 11.8 Å². The fraction of sp³-hybridized carbons (Fsp3) is 0.235. The van der Waals surface area contributed by atoms with Crippen LogP contribution in [0.5, 0.6) is 0 Å². The molecule has 2 rings (SSSR count). The average molecular weight is 337 g/mol. The highest BCUT2D eigenvalue weighted by atomic mass is 32.2. The number of rotatable bonds is 6. The van der Waals surface area contributed by atoms with Crippen molar-refractivity contribution in [2.45, 2.75) is 24.0 Å². The molecule has 122 valence electrons. The van der Waals surface area contributed by atoms with E-state index >= 15 is 0 Å². The van der Waals surface area contributed by atoms with Crippen LogP contribution >= 0.6 is 11.8 Å². The Morgan fingerprint density at radius 1 is 1.09 bits per heavy atom. The summed E-state index contributed by atoms with van der Waals surface area (Å²) >= 11 is 1.28. The predicted octanol–water partition coefficient (Wildman–Crippen LogP) is 3.30. The van der Waals surface area contributed by atoms with Crippen LogP contribution in [-0.4, -0.2) is 22.8 Å². The summed E-state index contributed by atoms with van der Waals surface area (Å²) in [5, 5.41) is 12.9. The Bertz CT molecular complexity index is 647. The van der Waals surface area contributed by atoms with E-state index in [1.807, 2.05) is 0 Å². The number of carbonyl (C=O) groups excluding carboxylic acids is 1. The van der Waals surface area contributed by atoms with Gasteiger partial charge in [0.25, 0.3) is 0 Å². The summed E-state index contributed by atoms with van der Waals surface area (Å²) < 4.78 is 25.7. The molecule has 0 spiro atoms. The Hall–Kier alpha value is -1.92. The summed E-state index contributed by atoms with van der Waals surface area (Å²) in [4.78, 5) is 12.7. The third kappa shape index (κ3) is 5.33. The number of thioether (sulfide) groups is 1. The lowest BCUT2D eigenvalue weighted by Crippen LogP contribution is -2.38. The van der Waals surface area contributed by atoms with Gasteiger partial charge in [-0.1, -0.05) is 12.1 Å². The molecule has 2 N–H and O–H groups in total. The van der Waals surface area contributed by atoms with Gasteiger partial charge in [-0.3, -0.25) is 4.79 Å². The average Bonchev–Trinajstić information content (AvgIpc) is 2.54. The van der Waals surface area contributed by atoms with E-state index in [0.29, 0.717) is 5.56 Å². The van der Waals surface area contributed by atoms with Gasteiger partial charge in [-0.05, 0) is 48.9 Å². The van der Waals surface area contributed by atoms with E-state index in [0.717, 1.165) is 4.90 Å². The lowest BCUT2D eigenvalue weighted by Gasteiger charge is -2.20. The minimum Gasteiger partial charge on any atom is -0.386 e. The molecule has 0 saturated carbocycles. The fourth-order valence-electron chi connectivity index (χ4n) is 2.00. The summed E-state index contributed by atoms with van der Waals surface area (Å²) in [5.41, 5.74) is 0.533. The van der Waals surface area contributed by atoms with E-state index in [1.165, 1.54) is 48.2 Å². The summed E-state index contributed by atoms with van der Waals surface area (Å²) in [5.74, 6) is -0.789. The summed E-state index contributed by atoms with van der Waals surface area (Å²) in [6.45, 7) is 1.68. The maximum atomic E-state index is 12.9. The van der Waals surface area contributed by atoms with Gasteiger partial charge < -0.3 is 10.4 Å². The Kier molecular flexibility index (Phi) is 6.12. The molecule has 0 aromatic heterocycles. The van der Waals surface area contributed by atoms with Crippen LogP contribution < -0.4 is 5.32 Å². The number of aliphatic hydroxyl groups excluding tert-OH is 1.